The summed E-state index contributed by atoms with van der Waals surface area (Å²) in [7, 11) is 0. The van der Waals surface area contributed by atoms with Gasteiger partial charge in [-0.1, -0.05) is 6.07 Å². The monoisotopic (exact) mass is 541 g/mol. The number of anilines is 3. The maximum atomic E-state index is 13.9. The zero-order chi connectivity index (χ0) is 27.8. The normalized spacial score (nSPS) is 11.8. The van der Waals surface area contributed by atoms with Crippen LogP contribution in [0.4, 0.5) is 26.1 Å². The minimum absolute atomic E-state index is 0.0136. The molecule has 0 aliphatic rings. The summed E-state index contributed by atoms with van der Waals surface area (Å²) in [6.45, 7) is 5.04. The first-order valence-corrected chi connectivity index (χ1v) is 12.3. The van der Waals surface area contributed by atoms with Gasteiger partial charge in [0.25, 0.3) is 0 Å². The number of amides is 1. The molecular formula is C26H29F2N7O4. The smallest absolute Gasteiger partial charge is 0.230 e. The molecule has 0 radical (unpaired) electrons. The van der Waals surface area contributed by atoms with Crippen molar-refractivity contribution in [3.05, 3.63) is 60.1 Å². The van der Waals surface area contributed by atoms with Crippen LogP contribution in [0.25, 0.3) is 10.9 Å². The van der Waals surface area contributed by atoms with Crippen molar-refractivity contribution < 1.29 is 28.2 Å². The Morgan fingerprint density at radius 2 is 2.03 bits per heavy atom. The van der Waals surface area contributed by atoms with Crippen molar-refractivity contribution >= 4 is 34.1 Å². The average Bonchev–Trinajstić information content (AvgIpc) is 3.35. The summed E-state index contributed by atoms with van der Waals surface area (Å²) in [5, 5.41) is 25.3. The quantitative estimate of drug-likeness (QED) is 0.161. The fourth-order valence-electron chi connectivity index (χ4n) is 3.72. The van der Waals surface area contributed by atoms with Crippen molar-refractivity contribution in [3.63, 3.8) is 0 Å². The Kier molecular flexibility index (Phi) is 9.18. The van der Waals surface area contributed by atoms with Crippen molar-refractivity contribution in [2.75, 3.05) is 37.0 Å². The number of hydrogen-bond donors (Lipinski definition) is 5. The number of H-pyrrole nitrogens is 1. The Hall–Kier alpha value is -4.36. The average molecular weight is 542 g/mol. The van der Waals surface area contributed by atoms with Gasteiger partial charge in [-0.15, -0.1) is 0 Å². The number of aliphatic hydroxyl groups excluding tert-OH is 1. The van der Waals surface area contributed by atoms with E-state index < -0.39 is 17.5 Å². The fraction of sp³-hybridized carbons (Fsp3) is 0.308. The zero-order valence-corrected chi connectivity index (χ0v) is 21.4. The minimum Gasteiger partial charge on any atom is -0.494 e. The van der Waals surface area contributed by atoms with Crippen LogP contribution in [-0.4, -0.2) is 63.6 Å². The summed E-state index contributed by atoms with van der Waals surface area (Å²) in [4.78, 5) is 21.1. The first-order chi connectivity index (χ1) is 18.9. The fourth-order valence-corrected chi connectivity index (χ4v) is 3.72. The van der Waals surface area contributed by atoms with Gasteiger partial charge < -0.3 is 30.5 Å². The van der Waals surface area contributed by atoms with Gasteiger partial charge in [0.15, 0.2) is 17.5 Å². The van der Waals surface area contributed by atoms with Crippen LogP contribution in [0.1, 0.15) is 19.5 Å². The first-order valence-electron chi connectivity index (χ1n) is 12.3. The number of carbonyl (C=O) groups is 1. The molecule has 0 spiro atoms. The van der Waals surface area contributed by atoms with E-state index in [2.05, 4.69) is 36.1 Å². The molecule has 1 amide bonds. The SMILES string of the molecule is CCOc1cc(OCCN[C@@H](C)CO)c2c(Nc3cc(CC(=O)Nc4cccc(F)c4F)[nH]n3)ncnc2c1. The van der Waals surface area contributed by atoms with Gasteiger partial charge in [0.05, 0.1) is 36.2 Å². The number of carbonyl (C=O) groups excluding carboxylic acids is 1. The van der Waals surface area contributed by atoms with E-state index in [1.807, 2.05) is 13.8 Å². The lowest BCUT2D eigenvalue weighted by atomic mass is 10.2. The highest BCUT2D eigenvalue weighted by molar-refractivity contribution is 5.96. The highest BCUT2D eigenvalue weighted by Gasteiger charge is 2.16. The lowest BCUT2D eigenvalue weighted by Crippen LogP contribution is -2.32. The number of hydrogen-bond acceptors (Lipinski definition) is 9. The summed E-state index contributed by atoms with van der Waals surface area (Å²) in [5.74, 6) is -0.866. The van der Waals surface area contributed by atoms with Crippen molar-refractivity contribution in [1.29, 1.82) is 0 Å². The molecule has 2 heterocycles. The second-order valence-corrected chi connectivity index (χ2v) is 8.59. The van der Waals surface area contributed by atoms with Gasteiger partial charge in [-0.2, -0.15) is 5.10 Å². The molecule has 0 aliphatic carbocycles. The predicted octanol–water partition coefficient (Wildman–Crippen LogP) is 3.30. The molecule has 4 aromatic rings. The van der Waals surface area contributed by atoms with E-state index in [0.717, 1.165) is 6.07 Å². The number of halogens is 2. The molecule has 11 nitrogen and oxygen atoms in total. The Morgan fingerprint density at radius 1 is 1.18 bits per heavy atom. The minimum atomic E-state index is -1.13. The van der Waals surface area contributed by atoms with Crippen LogP contribution in [0.5, 0.6) is 11.5 Å². The molecule has 0 unspecified atom stereocenters. The standard InChI is InChI=1S/C26H29F2N7O4/c1-3-38-17-11-20-24(21(12-17)39-8-7-29-15(2)13-36)26(31-14-30-20)33-22-9-16(34-35-22)10-23(37)32-19-6-4-5-18(27)25(19)28/h4-6,9,11-12,14-15,29,36H,3,7-8,10,13H2,1-2H3,(H,32,37)(H2,30,31,33,34,35)/t15-/m0/s1. The first kappa shape index (κ1) is 27.7. The maximum absolute atomic E-state index is 13.9. The molecule has 0 bridgehead atoms. The second-order valence-electron chi connectivity index (χ2n) is 8.59. The summed E-state index contributed by atoms with van der Waals surface area (Å²) in [6, 6.07) is 8.61. The predicted molar refractivity (Wildman–Crippen MR) is 141 cm³/mol. The second kappa shape index (κ2) is 12.9. The van der Waals surface area contributed by atoms with E-state index in [9.17, 15) is 18.7 Å². The molecule has 0 saturated carbocycles. The van der Waals surface area contributed by atoms with Crippen LogP contribution in [0, 0.1) is 11.6 Å². The van der Waals surface area contributed by atoms with Gasteiger partial charge in [0, 0.05) is 36.5 Å². The molecule has 39 heavy (non-hydrogen) atoms. The zero-order valence-electron chi connectivity index (χ0n) is 21.4. The van der Waals surface area contributed by atoms with Gasteiger partial charge >= 0.3 is 0 Å². The molecule has 0 aliphatic heterocycles. The number of rotatable bonds is 13. The summed E-state index contributed by atoms with van der Waals surface area (Å²) < 4.78 is 39.0. The number of aliphatic hydroxyl groups is 1. The topological polar surface area (TPSA) is 146 Å². The highest BCUT2D eigenvalue weighted by atomic mass is 19.2. The number of nitrogens with one attached hydrogen (secondary N) is 4. The molecule has 2 aromatic heterocycles. The summed E-state index contributed by atoms with van der Waals surface area (Å²) >= 11 is 0. The number of aromatic amines is 1. The van der Waals surface area contributed by atoms with E-state index in [0.29, 0.717) is 59.5 Å². The van der Waals surface area contributed by atoms with E-state index in [4.69, 9.17) is 9.47 Å². The van der Waals surface area contributed by atoms with Crippen molar-refractivity contribution in [1.82, 2.24) is 25.5 Å². The van der Waals surface area contributed by atoms with Crippen LogP contribution < -0.4 is 25.4 Å². The van der Waals surface area contributed by atoms with E-state index in [1.165, 1.54) is 18.5 Å². The van der Waals surface area contributed by atoms with Crippen LogP contribution >= 0.6 is 0 Å². The largest absolute Gasteiger partial charge is 0.494 e. The third kappa shape index (κ3) is 7.15. The molecule has 1 atom stereocenters. The highest BCUT2D eigenvalue weighted by Crippen LogP contribution is 2.35. The van der Waals surface area contributed by atoms with Crippen molar-refractivity contribution in [3.8, 4) is 11.5 Å². The van der Waals surface area contributed by atoms with Crippen LogP contribution in [0.3, 0.4) is 0 Å². The number of aromatic nitrogens is 4. The van der Waals surface area contributed by atoms with Crippen LogP contribution in [0.15, 0.2) is 42.7 Å². The van der Waals surface area contributed by atoms with Gasteiger partial charge in [-0.25, -0.2) is 18.7 Å². The third-order valence-electron chi connectivity index (χ3n) is 5.57. The number of fused-ring (bicyclic) bond motifs is 1. The van der Waals surface area contributed by atoms with Crippen molar-refractivity contribution in [2.45, 2.75) is 26.3 Å². The van der Waals surface area contributed by atoms with Crippen molar-refractivity contribution in [2.24, 2.45) is 0 Å². The molecule has 5 N–H and O–H groups in total. The van der Waals surface area contributed by atoms with Gasteiger partial charge in [0.2, 0.25) is 5.91 Å². The van der Waals surface area contributed by atoms with E-state index >= 15 is 0 Å². The Bertz CT molecular complexity index is 1430. The lowest BCUT2D eigenvalue weighted by Gasteiger charge is -2.15. The maximum Gasteiger partial charge on any atom is 0.230 e. The lowest BCUT2D eigenvalue weighted by molar-refractivity contribution is -0.115. The van der Waals surface area contributed by atoms with Gasteiger partial charge in [-0.3, -0.25) is 9.89 Å². The molecule has 13 heteroatoms. The Morgan fingerprint density at radius 3 is 2.82 bits per heavy atom. The molecule has 4 rings (SSSR count). The number of ether oxygens (including phenoxy) is 2. The Balaban J connectivity index is 1.50. The number of nitrogens with zero attached hydrogens (tertiary/aromatic N) is 3. The Labute approximate surface area is 223 Å². The van der Waals surface area contributed by atoms with Crippen LogP contribution in [0.2, 0.25) is 0 Å². The van der Waals surface area contributed by atoms with Crippen LogP contribution in [-0.2, 0) is 11.2 Å². The molecule has 0 fully saturated rings. The van der Waals surface area contributed by atoms with E-state index in [-0.39, 0.29) is 24.8 Å². The number of benzene rings is 2. The summed E-state index contributed by atoms with van der Waals surface area (Å²) in [6.07, 6.45) is 1.24. The summed E-state index contributed by atoms with van der Waals surface area (Å²) in [5.41, 5.74) is 0.770. The van der Waals surface area contributed by atoms with Gasteiger partial charge in [0.1, 0.15) is 30.3 Å². The molecule has 2 aromatic carbocycles. The van der Waals surface area contributed by atoms with Gasteiger partial charge in [-0.05, 0) is 26.0 Å². The molecule has 0 saturated heterocycles. The van der Waals surface area contributed by atoms with E-state index in [1.54, 1.807) is 18.2 Å². The molecule has 206 valence electrons. The third-order valence-corrected chi connectivity index (χ3v) is 5.57. The molecular weight excluding hydrogens is 512 g/mol.